The van der Waals surface area contributed by atoms with Gasteiger partial charge in [-0.25, -0.2) is 0 Å². The van der Waals surface area contributed by atoms with E-state index in [1.54, 1.807) is 9.80 Å². The lowest BCUT2D eigenvalue weighted by Gasteiger charge is -2.34. The Morgan fingerprint density at radius 1 is 0.929 bits per heavy atom. The fourth-order valence-electron chi connectivity index (χ4n) is 4.05. The van der Waals surface area contributed by atoms with Crippen LogP contribution in [-0.2, 0) is 14.4 Å². The molecule has 1 aromatic rings. The van der Waals surface area contributed by atoms with Gasteiger partial charge in [-0.1, -0.05) is 50.3 Å². The third kappa shape index (κ3) is 5.81. The van der Waals surface area contributed by atoms with Crippen molar-refractivity contribution < 1.29 is 14.4 Å². The number of benzene rings is 1. The lowest BCUT2D eigenvalue weighted by molar-refractivity contribution is -0.138. The molecule has 0 atom stereocenters. The Hall–Kier alpha value is -2.37. The number of piperazine rings is 1. The van der Waals surface area contributed by atoms with E-state index < -0.39 is 0 Å². The van der Waals surface area contributed by atoms with Crippen molar-refractivity contribution in [1.82, 2.24) is 10.2 Å². The smallest absolute Gasteiger partial charge is 0.246 e. The van der Waals surface area contributed by atoms with E-state index in [1.807, 2.05) is 30.3 Å². The molecule has 28 heavy (non-hydrogen) atoms. The number of nitrogens with one attached hydrogen (secondary N) is 1. The highest BCUT2D eigenvalue weighted by Gasteiger charge is 2.28. The molecule has 1 aliphatic heterocycles. The van der Waals surface area contributed by atoms with Crippen molar-refractivity contribution in [2.75, 3.05) is 24.5 Å². The molecule has 2 aliphatic rings. The molecule has 3 rings (SSSR count). The predicted molar refractivity (Wildman–Crippen MR) is 109 cm³/mol. The van der Waals surface area contributed by atoms with Crippen molar-refractivity contribution in [3.63, 3.8) is 0 Å². The maximum atomic E-state index is 12.5. The molecule has 0 unspecified atom stereocenters. The Labute approximate surface area is 167 Å². The van der Waals surface area contributed by atoms with Crippen molar-refractivity contribution >= 4 is 23.4 Å². The van der Waals surface area contributed by atoms with Gasteiger partial charge in [-0.05, 0) is 25.0 Å². The van der Waals surface area contributed by atoms with Gasteiger partial charge in [0.25, 0.3) is 0 Å². The molecule has 1 aromatic carbocycles. The minimum Gasteiger partial charge on any atom is -0.353 e. The Morgan fingerprint density at radius 2 is 1.61 bits per heavy atom. The summed E-state index contributed by atoms with van der Waals surface area (Å²) in [6, 6.07) is 9.75. The van der Waals surface area contributed by atoms with Crippen LogP contribution in [0.1, 0.15) is 57.8 Å². The summed E-state index contributed by atoms with van der Waals surface area (Å²) >= 11 is 0. The van der Waals surface area contributed by atoms with Gasteiger partial charge in [-0.2, -0.15) is 0 Å². The van der Waals surface area contributed by atoms with E-state index in [0.29, 0.717) is 13.1 Å². The summed E-state index contributed by atoms with van der Waals surface area (Å²) in [6.07, 6.45) is 8.55. The van der Waals surface area contributed by atoms with Gasteiger partial charge in [0.1, 0.15) is 6.54 Å². The second kappa shape index (κ2) is 10.2. The second-order valence-electron chi connectivity index (χ2n) is 7.81. The summed E-state index contributed by atoms with van der Waals surface area (Å²) in [7, 11) is 0. The van der Waals surface area contributed by atoms with Crippen LogP contribution in [0.2, 0.25) is 0 Å². The van der Waals surface area contributed by atoms with Crippen LogP contribution in [0.3, 0.4) is 0 Å². The number of amides is 3. The number of carbonyl (C=O) groups is 3. The molecular weight excluding hydrogens is 354 g/mol. The van der Waals surface area contributed by atoms with E-state index in [2.05, 4.69) is 5.32 Å². The first-order valence-electron chi connectivity index (χ1n) is 10.6. The number of rotatable bonds is 5. The van der Waals surface area contributed by atoms with Crippen molar-refractivity contribution in [3.05, 3.63) is 30.3 Å². The fourth-order valence-corrected chi connectivity index (χ4v) is 4.05. The highest BCUT2D eigenvalue weighted by Crippen LogP contribution is 2.18. The van der Waals surface area contributed by atoms with Crippen LogP contribution < -0.4 is 10.2 Å². The SMILES string of the molecule is O=C(CCC(=O)N1CCN(c2ccccc2)C(=O)C1)NC1CCCCCCC1. The average molecular weight is 386 g/mol. The Bertz CT molecular complexity index is 669. The Morgan fingerprint density at radius 3 is 2.29 bits per heavy atom. The number of para-hydroxylation sites is 1. The molecule has 1 aliphatic carbocycles. The summed E-state index contributed by atoms with van der Waals surface area (Å²) in [6.45, 7) is 1.07. The predicted octanol–water partition coefficient (Wildman–Crippen LogP) is 2.87. The Balaban J connectivity index is 1.41. The molecule has 1 N–H and O–H groups in total. The molecule has 1 saturated heterocycles. The summed E-state index contributed by atoms with van der Waals surface area (Å²) in [5.41, 5.74) is 0.859. The van der Waals surface area contributed by atoms with Crippen LogP contribution in [0.4, 0.5) is 5.69 Å². The van der Waals surface area contributed by atoms with Gasteiger partial charge in [0, 0.05) is 37.7 Å². The largest absolute Gasteiger partial charge is 0.353 e. The number of anilines is 1. The quantitative estimate of drug-likeness (QED) is 0.847. The second-order valence-corrected chi connectivity index (χ2v) is 7.81. The zero-order valence-electron chi connectivity index (χ0n) is 16.6. The number of hydrogen-bond acceptors (Lipinski definition) is 3. The number of nitrogens with zero attached hydrogens (tertiary/aromatic N) is 2. The van der Waals surface area contributed by atoms with E-state index in [1.165, 1.54) is 19.3 Å². The molecular formula is C22H31N3O3. The normalized spacial score (nSPS) is 19.1. The molecule has 0 aromatic heterocycles. The van der Waals surface area contributed by atoms with Crippen LogP contribution in [0.5, 0.6) is 0 Å². The van der Waals surface area contributed by atoms with E-state index in [0.717, 1.165) is 31.4 Å². The third-order valence-corrected chi connectivity index (χ3v) is 5.68. The van der Waals surface area contributed by atoms with E-state index in [9.17, 15) is 14.4 Å². The summed E-state index contributed by atoms with van der Waals surface area (Å²) < 4.78 is 0. The molecule has 3 amide bonds. The van der Waals surface area contributed by atoms with Gasteiger partial charge in [0.2, 0.25) is 17.7 Å². The monoisotopic (exact) mass is 385 g/mol. The van der Waals surface area contributed by atoms with Crippen molar-refractivity contribution in [2.24, 2.45) is 0 Å². The molecule has 2 fully saturated rings. The van der Waals surface area contributed by atoms with Crippen LogP contribution in [-0.4, -0.2) is 48.3 Å². The van der Waals surface area contributed by atoms with Crippen LogP contribution in [0.25, 0.3) is 0 Å². The van der Waals surface area contributed by atoms with Gasteiger partial charge < -0.3 is 15.1 Å². The minimum atomic E-state index is -0.117. The Kier molecular flexibility index (Phi) is 7.46. The van der Waals surface area contributed by atoms with Crippen molar-refractivity contribution in [1.29, 1.82) is 0 Å². The lowest BCUT2D eigenvalue weighted by Crippen LogP contribution is -2.52. The van der Waals surface area contributed by atoms with Gasteiger partial charge in [0.05, 0.1) is 0 Å². The minimum absolute atomic E-state index is 0.0480. The van der Waals surface area contributed by atoms with Crippen LogP contribution >= 0.6 is 0 Å². The van der Waals surface area contributed by atoms with Gasteiger partial charge in [0.15, 0.2) is 0 Å². The summed E-state index contributed by atoms with van der Waals surface area (Å²) in [4.78, 5) is 40.4. The van der Waals surface area contributed by atoms with Crippen LogP contribution in [0, 0.1) is 0 Å². The van der Waals surface area contributed by atoms with E-state index in [-0.39, 0.29) is 43.1 Å². The van der Waals surface area contributed by atoms with Gasteiger partial charge in [-0.3, -0.25) is 14.4 Å². The summed E-state index contributed by atoms with van der Waals surface area (Å²) in [5.74, 6) is -0.244. The first-order valence-corrected chi connectivity index (χ1v) is 10.6. The van der Waals surface area contributed by atoms with E-state index in [4.69, 9.17) is 0 Å². The van der Waals surface area contributed by atoms with Gasteiger partial charge >= 0.3 is 0 Å². The molecule has 1 heterocycles. The van der Waals surface area contributed by atoms with Crippen LogP contribution in [0.15, 0.2) is 30.3 Å². The highest BCUT2D eigenvalue weighted by molar-refractivity contribution is 5.98. The molecule has 0 spiro atoms. The lowest BCUT2D eigenvalue weighted by atomic mass is 9.96. The first-order chi connectivity index (χ1) is 13.6. The zero-order valence-corrected chi connectivity index (χ0v) is 16.6. The molecule has 6 nitrogen and oxygen atoms in total. The number of hydrogen-bond donors (Lipinski definition) is 1. The summed E-state index contributed by atoms with van der Waals surface area (Å²) in [5, 5.41) is 3.10. The third-order valence-electron chi connectivity index (χ3n) is 5.68. The van der Waals surface area contributed by atoms with Crippen molar-refractivity contribution in [2.45, 2.75) is 63.8 Å². The molecule has 0 bridgehead atoms. The van der Waals surface area contributed by atoms with Gasteiger partial charge in [-0.15, -0.1) is 0 Å². The standard InChI is InChI=1S/C22H31N3O3/c26-20(23-18-9-5-2-1-3-6-10-18)13-14-21(27)24-15-16-25(22(28)17-24)19-11-7-4-8-12-19/h4,7-8,11-12,18H,1-3,5-6,9-10,13-17H2,(H,23,26). The number of carbonyl (C=O) groups excluding carboxylic acids is 3. The molecule has 152 valence electrons. The van der Waals surface area contributed by atoms with Crippen molar-refractivity contribution in [3.8, 4) is 0 Å². The topological polar surface area (TPSA) is 69.7 Å². The molecule has 1 saturated carbocycles. The molecule has 0 radical (unpaired) electrons. The highest BCUT2D eigenvalue weighted by atomic mass is 16.2. The average Bonchev–Trinajstić information content (AvgIpc) is 2.68. The maximum absolute atomic E-state index is 12.5. The maximum Gasteiger partial charge on any atom is 0.246 e. The first kappa shape index (κ1) is 20.4. The fraction of sp³-hybridized carbons (Fsp3) is 0.591. The van der Waals surface area contributed by atoms with E-state index >= 15 is 0 Å². The molecule has 6 heteroatoms. The zero-order chi connectivity index (χ0) is 19.8.